The zero-order chi connectivity index (χ0) is 22.0. The Morgan fingerprint density at radius 3 is 2.55 bits per heavy atom. The molecule has 1 saturated heterocycles. The Labute approximate surface area is 190 Å². The van der Waals surface area contributed by atoms with Crippen molar-refractivity contribution < 1.29 is 9.18 Å². The van der Waals surface area contributed by atoms with Gasteiger partial charge >= 0.3 is 6.03 Å². The van der Waals surface area contributed by atoms with Crippen molar-refractivity contribution in [3.8, 4) is 0 Å². The number of thioether (sulfide) groups is 1. The van der Waals surface area contributed by atoms with Crippen LogP contribution in [-0.4, -0.2) is 46.2 Å². The Hall–Kier alpha value is -2.38. The Balaban J connectivity index is 1.46. The van der Waals surface area contributed by atoms with Gasteiger partial charge in [0.15, 0.2) is 5.66 Å². The maximum absolute atomic E-state index is 13.3. The quantitative estimate of drug-likeness (QED) is 0.635. The third-order valence-electron chi connectivity index (χ3n) is 5.46. The molecule has 2 aromatic rings. The zero-order valence-electron chi connectivity index (χ0n) is 17.5. The molecule has 2 amide bonds. The smallest absolute Gasteiger partial charge is 0.321 e. The van der Waals surface area contributed by atoms with Crippen molar-refractivity contribution in [2.75, 3.05) is 24.2 Å². The van der Waals surface area contributed by atoms with Crippen LogP contribution in [0.2, 0.25) is 5.02 Å². The van der Waals surface area contributed by atoms with Crippen LogP contribution in [0.25, 0.3) is 0 Å². The third kappa shape index (κ3) is 4.77. The van der Waals surface area contributed by atoms with E-state index < -0.39 is 11.5 Å². The van der Waals surface area contributed by atoms with Crippen molar-refractivity contribution in [1.29, 1.82) is 0 Å². The highest BCUT2D eigenvalue weighted by Gasteiger charge is 2.40. The van der Waals surface area contributed by atoms with Crippen LogP contribution in [0.1, 0.15) is 30.9 Å². The summed E-state index contributed by atoms with van der Waals surface area (Å²) in [6.45, 7) is 5.26. The summed E-state index contributed by atoms with van der Waals surface area (Å²) in [4.78, 5) is 24.5. The number of nitrogens with one attached hydrogen (secondary N) is 1. The van der Waals surface area contributed by atoms with Crippen LogP contribution in [-0.2, 0) is 0 Å². The zero-order valence-corrected chi connectivity index (χ0v) is 19.1. The minimum absolute atomic E-state index is 0.0189. The van der Waals surface area contributed by atoms with Gasteiger partial charge in [-0.15, -0.1) is 11.8 Å². The molecule has 1 spiro atoms. The highest BCUT2D eigenvalue weighted by atomic mass is 35.5. The number of aliphatic imine (C=N–C) groups is 2. The van der Waals surface area contributed by atoms with Gasteiger partial charge in [0.1, 0.15) is 10.9 Å². The summed E-state index contributed by atoms with van der Waals surface area (Å²) >= 11 is 7.51. The van der Waals surface area contributed by atoms with Crippen LogP contribution >= 0.6 is 23.4 Å². The van der Waals surface area contributed by atoms with Crippen LogP contribution in [0.3, 0.4) is 0 Å². The van der Waals surface area contributed by atoms with Crippen LogP contribution in [0.4, 0.5) is 14.9 Å². The van der Waals surface area contributed by atoms with E-state index in [0.29, 0.717) is 31.6 Å². The average Bonchev–Trinajstić information content (AvgIpc) is 3.09. The van der Waals surface area contributed by atoms with Crippen molar-refractivity contribution in [2.45, 2.75) is 32.4 Å². The summed E-state index contributed by atoms with van der Waals surface area (Å²) in [6.07, 6.45) is 1.32. The molecule has 5 nitrogen and oxygen atoms in total. The summed E-state index contributed by atoms with van der Waals surface area (Å²) in [5.41, 5.74) is 3.20. The number of hydrogen-bond donors (Lipinski definition) is 1. The molecule has 2 aliphatic rings. The Morgan fingerprint density at radius 2 is 1.90 bits per heavy atom. The molecule has 0 aliphatic carbocycles. The highest BCUT2D eigenvalue weighted by molar-refractivity contribution is 8.15. The van der Waals surface area contributed by atoms with Gasteiger partial charge in [-0.2, -0.15) is 0 Å². The first-order valence-electron chi connectivity index (χ1n) is 10.3. The molecule has 0 unspecified atom stereocenters. The first-order chi connectivity index (χ1) is 14.9. The fraction of sp³-hybridized carbons (Fsp3) is 0.348. The number of nitrogens with zero attached hydrogens (tertiary/aromatic N) is 3. The second-order valence-corrected chi connectivity index (χ2v) is 9.36. The number of likely N-dealkylation sites (tertiary alicyclic amines) is 1. The Bertz CT molecular complexity index is 1050. The van der Waals surface area contributed by atoms with Crippen LogP contribution in [0, 0.1) is 12.7 Å². The standard InChI is InChI=1S/C23H24ClFN4OS/c1-3-31-21-20(16-6-4-15(2)5-7-16)27-23(28-21)10-12-29(13-11-23)22(30)26-17-8-9-19(25)18(24)14-17/h4-9,14H,3,10-13H2,1-2H3,(H,26,30). The molecule has 0 radical (unpaired) electrons. The molecule has 2 aliphatic heterocycles. The Kier molecular flexibility index (Phi) is 6.34. The van der Waals surface area contributed by atoms with Gasteiger partial charge in [-0.3, -0.25) is 4.99 Å². The first kappa shape index (κ1) is 21.8. The van der Waals surface area contributed by atoms with Crippen molar-refractivity contribution >= 4 is 45.8 Å². The lowest BCUT2D eigenvalue weighted by Crippen LogP contribution is -2.46. The van der Waals surface area contributed by atoms with Gasteiger partial charge in [0.05, 0.1) is 10.7 Å². The average molecular weight is 459 g/mol. The molecule has 2 aromatic carbocycles. The van der Waals surface area contributed by atoms with E-state index in [4.69, 9.17) is 21.6 Å². The number of amides is 2. The van der Waals surface area contributed by atoms with Crippen LogP contribution in [0.15, 0.2) is 52.4 Å². The normalized spacial score (nSPS) is 17.5. The fourth-order valence-electron chi connectivity index (χ4n) is 3.73. The molecule has 1 N–H and O–H groups in total. The lowest BCUT2D eigenvalue weighted by atomic mass is 9.98. The number of anilines is 1. The third-order valence-corrected chi connectivity index (χ3v) is 6.60. The fourth-order valence-corrected chi connectivity index (χ4v) is 4.72. The van der Waals surface area contributed by atoms with E-state index in [-0.39, 0.29) is 11.1 Å². The molecule has 31 heavy (non-hydrogen) atoms. The molecule has 2 heterocycles. The van der Waals surface area contributed by atoms with E-state index in [9.17, 15) is 9.18 Å². The van der Waals surface area contributed by atoms with E-state index in [2.05, 4.69) is 43.4 Å². The summed E-state index contributed by atoms with van der Waals surface area (Å²) < 4.78 is 13.3. The van der Waals surface area contributed by atoms with Gasteiger partial charge in [-0.05, 0) is 30.9 Å². The molecule has 162 valence electrons. The van der Waals surface area contributed by atoms with E-state index >= 15 is 0 Å². The lowest BCUT2D eigenvalue weighted by molar-refractivity contribution is 0.175. The van der Waals surface area contributed by atoms with Crippen molar-refractivity contribution in [3.05, 3.63) is 64.4 Å². The summed E-state index contributed by atoms with van der Waals surface area (Å²) in [6, 6.07) is 12.3. The molecule has 0 saturated carbocycles. The minimum atomic E-state index is -0.512. The number of carbonyl (C=O) groups is 1. The van der Waals surface area contributed by atoms with Gasteiger partial charge in [0.2, 0.25) is 0 Å². The molecule has 0 aromatic heterocycles. The first-order valence-corrected chi connectivity index (χ1v) is 11.7. The number of halogens is 2. The summed E-state index contributed by atoms with van der Waals surface area (Å²) in [5, 5.41) is 3.75. The van der Waals surface area contributed by atoms with E-state index in [1.54, 1.807) is 16.7 Å². The van der Waals surface area contributed by atoms with Gasteiger partial charge in [0, 0.05) is 37.2 Å². The Morgan fingerprint density at radius 1 is 1.19 bits per heavy atom. The summed E-state index contributed by atoms with van der Waals surface area (Å²) in [7, 11) is 0. The molecule has 8 heteroatoms. The number of benzene rings is 2. The van der Waals surface area contributed by atoms with Crippen molar-refractivity contribution in [2.24, 2.45) is 9.98 Å². The number of carbonyl (C=O) groups excluding carboxylic acids is 1. The van der Waals surface area contributed by atoms with E-state index in [0.717, 1.165) is 22.1 Å². The largest absolute Gasteiger partial charge is 0.324 e. The van der Waals surface area contributed by atoms with Crippen molar-refractivity contribution in [3.63, 3.8) is 0 Å². The predicted molar refractivity (Wildman–Crippen MR) is 127 cm³/mol. The topological polar surface area (TPSA) is 57.1 Å². The van der Waals surface area contributed by atoms with Crippen LogP contribution in [0.5, 0.6) is 0 Å². The molecule has 0 bridgehead atoms. The van der Waals surface area contributed by atoms with Gasteiger partial charge in [-0.25, -0.2) is 14.2 Å². The highest BCUT2D eigenvalue weighted by Crippen LogP contribution is 2.35. The molecular formula is C23H24ClFN4OS. The van der Waals surface area contributed by atoms with Gasteiger partial charge in [-0.1, -0.05) is 48.4 Å². The van der Waals surface area contributed by atoms with Crippen LogP contribution < -0.4 is 5.32 Å². The molecule has 0 atom stereocenters. The second-order valence-electron chi connectivity index (χ2n) is 7.70. The number of rotatable bonds is 3. The predicted octanol–water partition coefficient (Wildman–Crippen LogP) is 5.77. The molecule has 4 rings (SSSR count). The number of urea groups is 1. The van der Waals surface area contributed by atoms with Gasteiger partial charge < -0.3 is 10.2 Å². The minimum Gasteiger partial charge on any atom is -0.324 e. The van der Waals surface area contributed by atoms with Crippen molar-refractivity contribution in [1.82, 2.24) is 4.90 Å². The molecular weight excluding hydrogens is 435 g/mol. The maximum Gasteiger partial charge on any atom is 0.321 e. The number of piperidine rings is 1. The summed E-state index contributed by atoms with van der Waals surface area (Å²) in [5.74, 6) is 0.413. The van der Waals surface area contributed by atoms with E-state index in [1.807, 2.05) is 0 Å². The van der Waals surface area contributed by atoms with E-state index in [1.165, 1.54) is 23.8 Å². The number of aryl methyl sites for hydroxylation is 1. The number of hydrogen-bond acceptors (Lipinski definition) is 4. The monoisotopic (exact) mass is 458 g/mol. The maximum atomic E-state index is 13.3. The second kappa shape index (κ2) is 9.01. The SMILES string of the molecule is CCSC1=NC2(CCN(C(=O)Nc3ccc(F)c(Cl)c3)CC2)N=C1c1ccc(C)cc1. The lowest BCUT2D eigenvalue weighted by Gasteiger charge is -2.35. The van der Waals surface area contributed by atoms with Gasteiger partial charge in [0.25, 0.3) is 0 Å². The molecule has 1 fully saturated rings.